The van der Waals surface area contributed by atoms with Crippen molar-refractivity contribution in [2.24, 2.45) is 0 Å². The summed E-state index contributed by atoms with van der Waals surface area (Å²) < 4.78 is 0. The SMILES string of the molecule is Cc1ccc(CN2C(=O)c3ccccc3NC2c2cc(O)c(O)c(Cl)c2)cc1. The predicted molar refractivity (Wildman–Crippen MR) is 109 cm³/mol. The lowest BCUT2D eigenvalue weighted by atomic mass is 10.0. The zero-order chi connectivity index (χ0) is 19.8. The number of hydrogen-bond donors (Lipinski definition) is 3. The van der Waals surface area contributed by atoms with Crippen LogP contribution in [0.3, 0.4) is 0 Å². The van der Waals surface area contributed by atoms with Crippen LogP contribution in [0.1, 0.15) is 33.2 Å². The Morgan fingerprint density at radius 1 is 1.07 bits per heavy atom. The maximum Gasteiger partial charge on any atom is 0.258 e. The number of para-hydroxylation sites is 1. The molecular weight excluding hydrogens is 376 g/mol. The molecule has 6 heteroatoms. The maximum absolute atomic E-state index is 13.2. The average Bonchev–Trinajstić information content (AvgIpc) is 2.69. The molecule has 5 nitrogen and oxygen atoms in total. The largest absolute Gasteiger partial charge is 0.504 e. The van der Waals surface area contributed by atoms with E-state index in [0.29, 0.717) is 23.4 Å². The summed E-state index contributed by atoms with van der Waals surface area (Å²) in [6.45, 7) is 2.39. The van der Waals surface area contributed by atoms with Crippen molar-refractivity contribution >= 4 is 23.2 Å². The molecule has 3 N–H and O–H groups in total. The minimum absolute atomic E-state index is 0.0263. The van der Waals surface area contributed by atoms with Gasteiger partial charge in [-0.15, -0.1) is 0 Å². The zero-order valence-corrected chi connectivity index (χ0v) is 15.9. The fourth-order valence-electron chi connectivity index (χ4n) is 3.37. The zero-order valence-electron chi connectivity index (χ0n) is 15.2. The van der Waals surface area contributed by atoms with Crippen LogP contribution in [0.4, 0.5) is 5.69 Å². The highest BCUT2D eigenvalue weighted by Crippen LogP contribution is 2.40. The van der Waals surface area contributed by atoms with E-state index in [9.17, 15) is 15.0 Å². The number of carbonyl (C=O) groups excluding carboxylic acids is 1. The number of anilines is 1. The summed E-state index contributed by atoms with van der Waals surface area (Å²) in [4.78, 5) is 14.9. The average molecular weight is 395 g/mol. The van der Waals surface area contributed by atoms with Crippen molar-refractivity contribution in [3.05, 3.63) is 87.9 Å². The van der Waals surface area contributed by atoms with Crippen molar-refractivity contribution in [3.8, 4) is 11.5 Å². The Bertz CT molecular complexity index is 1030. The number of fused-ring (bicyclic) bond motifs is 1. The van der Waals surface area contributed by atoms with E-state index in [-0.39, 0.29) is 22.4 Å². The van der Waals surface area contributed by atoms with E-state index in [1.807, 2.05) is 49.4 Å². The molecule has 0 bridgehead atoms. The number of nitrogens with one attached hydrogen (secondary N) is 1. The number of aromatic hydroxyl groups is 2. The van der Waals surface area contributed by atoms with Gasteiger partial charge in [0, 0.05) is 17.8 Å². The van der Waals surface area contributed by atoms with Gasteiger partial charge in [-0.2, -0.15) is 0 Å². The topological polar surface area (TPSA) is 72.8 Å². The van der Waals surface area contributed by atoms with E-state index in [0.717, 1.165) is 11.1 Å². The minimum atomic E-state index is -0.548. The number of hydrogen-bond acceptors (Lipinski definition) is 4. The first kappa shape index (κ1) is 18.2. The molecule has 0 radical (unpaired) electrons. The molecule has 0 fully saturated rings. The molecule has 0 saturated heterocycles. The van der Waals surface area contributed by atoms with Crippen molar-refractivity contribution in [3.63, 3.8) is 0 Å². The van der Waals surface area contributed by atoms with Gasteiger partial charge in [0.25, 0.3) is 5.91 Å². The van der Waals surface area contributed by atoms with Crippen molar-refractivity contribution in [1.29, 1.82) is 0 Å². The molecule has 0 saturated carbocycles. The van der Waals surface area contributed by atoms with Gasteiger partial charge in [0.05, 0.1) is 10.6 Å². The number of aryl methyl sites for hydroxylation is 1. The van der Waals surface area contributed by atoms with Crippen LogP contribution in [0.25, 0.3) is 0 Å². The fraction of sp³-hybridized carbons (Fsp3) is 0.136. The first-order chi connectivity index (χ1) is 13.4. The first-order valence-electron chi connectivity index (χ1n) is 8.87. The number of nitrogens with zero attached hydrogens (tertiary/aromatic N) is 1. The quantitative estimate of drug-likeness (QED) is 0.556. The molecule has 3 aromatic carbocycles. The molecule has 0 aliphatic carbocycles. The summed E-state index contributed by atoms with van der Waals surface area (Å²) in [5, 5.41) is 23.2. The number of amides is 1. The lowest BCUT2D eigenvalue weighted by molar-refractivity contribution is 0.0666. The van der Waals surface area contributed by atoms with Crippen LogP contribution in [0, 0.1) is 6.92 Å². The summed E-state index contributed by atoms with van der Waals surface area (Å²) in [6, 6.07) is 18.3. The molecule has 1 unspecified atom stereocenters. The number of phenolic OH excluding ortho intramolecular Hbond substituents is 2. The van der Waals surface area contributed by atoms with Crippen LogP contribution in [0.2, 0.25) is 5.02 Å². The summed E-state index contributed by atoms with van der Waals surface area (Å²) in [7, 11) is 0. The Kier molecular flexibility index (Phi) is 4.61. The Hall–Kier alpha value is -3.18. The van der Waals surface area contributed by atoms with Crippen LogP contribution < -0.4 is 5.32 Å². The molecule has 3 aromatic rings. The van der Waals surface area contributed by atoms with Gasteiger partial charge < -0.3 is 20.4 Å². The second-order valence-electron chi connectivity index (χ2n) is 6.88. The monoisotopic (exact) mass is 394 g/mol. The van der Waals surface area contributed by atoms with Gasteiger partial charge in [0.15, 0.2) is 11.5 Å². The van der Waals surface area contributed by atoms with Gasteiger partial charge in [-0.1, -0.05) is 53.6 Å². The van der Waals surface area contributed by atoms with Gasteiger partial charge in [-0.25, -0.2) is 0 Å². The highest BCUT2D eigenvalue weighted by molar-refractivity contribution is 6.32. The van der Waals surface area contributed by atoms with E-state index in [1.165, 1.54) is 6.07 Å². The molecule has 1 atom stereocenters. The number of benzene rings is 3. The van der Waals surface area contributed by atoms with E-state index >= 15 is 0 Å². The highest BCUT2D eigenvalue weighted by atomic mass is 35.5. The second-order valence-corrected chi connectivity index (χ2v) is 7.29. The fourth-order valence-corrected chi connectivity index (χ4v) is 3.59. The Labute approximate surface area is 167 Å². The van der Waals surface area contributed by atoms with Crippen molar-refractivity contribution in [2.45, 2.75) is 19.6 Å². The third-order valence-electron chi connectivity index (χ3n) is 4.88. The van der Waals surface area contributed by atoms with Gasteiger partial charge in [0.1, 0.15) is 6.17 Å². The number of carbonyl (C=O) groups is 1. The molecular formula is C22H19ClN2O3. The minimum Gasteiger partial charge on any atom is -0.504 e. The molecule has 0 spiro atoms. The van der Waals surface area contributed by atoms with Crippen LogP contribution in [0.15, 0.2) is 60.7 Å². The van der Waals surface area contributed by atoms with E-state index in [1.54, 1.807) is 17.0 Å². The lowest BCUT2D eigenvalue weighted by Crippen LogP contribution is -2.42. The van der Waals surface area contributed by atoms with Crippen LogP contribution in [0.5, 0.6) is 11.5 Å². The number of rotatable bonds is 3. The number of halogens is 1. The predicted octanol–water partition coefficient (Wildman–Crippen LogP) is 4.83. The summed E-state index contributed by atoms with van der Waals surface area (Å²) in [6.07, 6.45) is -0.548. The smallest absolute Gasteiger partial charge is 0.258 e. The highest BCUT2D eigenvalue weighted by Gasteiger charge is 2.33. The summed E-state index contributed by atoms with van der Waals surface area (Å²) >= 11 is 6.06. The molecule has 1 aliphatic rings. The van der Waals surface area contributed by atoms with Gasteiger partial charge in [0.2, 0.25) is 0 Å². The van der Waals surface area contributed by atoms with E-state index < -0.39 is 6.17 Å². The van der Waals surface area contributed by atoms with Crippen LogP contribution in [-0.4, -0.2) is 21.0 Å². The van der Waals surface area contributed by atoms with Crippen molar-refractivity contribution in [2.75, 3.05) is 5.32 Å². The van der Waals surface area contributed by atoms with Crippen LogP contribution >= 0.6 is 11.6 Å². The van der Waals surface area contributed by atoms with Crippen LogP contribution in [-0.2, 0) is 6.54 Å². The van der Waals surface area contributed by atoms with Gasteiger partial charge >= 0.3 is 0 Å². The molecule has 1 aliphatic heterocycles. The molecule has 142 valence electrons. The molecule has 1 heterocycles. The Morgan fingerprint density at radius 2 is 1.79 bits per heavy atom. The van der Waals surface area contributed by atoms with Gasteiger partial charge in [-0.05, 0) is 36.8 Å². The summed E-state index contributed by atoms with van der Waals surface area (Å²) in [5.41, 5.74) is 4.00. The van der Waals surface area contributed by atoms with E-state index in [2.05, 4.69) is 5.32 Å². The first-order valence-corrected chi connectivity index (χ1v) is 9.25. The Morgan fingerprint density at radius 3 is 2.50 bits per heavy atom. The van der Waals surface area contributed by atoms with E-state index in [4.69, 9.17) is 11.6 Å². The normalized spacial score (nSPS) is 15.9. The lowest BCUT2D eigenvalue weighted by Gasteiger charge is -2.38. The van der Waals surface area contributed by atoms with Crippen molar-refractivity contribution < 1.29 is 15.0 Å². The van der Waals surface area contributed by atoms with Crippen molar-refractivity contribution in [1.82, 2.24) is 4.90 Å². The maximum atomic E-state index is 13.2. The molecule has 28 heavy (non-hydrogen) atoms. The second kappa shape index (κ2) is 7.09. The third-order valence-corrected chi connectivity index (χ3v) is 5.17. The Balaban J connectivity index is 1.79. The van der Waals surface area contributed by atoms with Gasteiger partial charge in [-0.3, -0.25) is 4.79 Å². The molecule has 4 rings (SSSR count). The standard InChI is InChI=1S/C22H19ClN2O3/c1-13-6-8-14(9-7-13)12-25-21(15-10-17(23)20(27)19(26)11-15)24-18-5-3-2-4-16(18)22(25)28/h2-11,21,24,26-27H,12H2,1H3. The third kappa shape index (κ3) is 3.25. The summed E-state index contributed by atoms with van der Waals surface area (Å²) in [5.74, 6) is -0.826. The number of phenols is 2. The molecule has 1 amide bonds. The molecule has 0 aromatic heterocycles.